The highest BCUT2D eigenvalue weighted by Crippen LogP contribution is 2.24. The summed E-state index contributed by atoms with van der Waals surface area (Å²) in [5, 5.41) is 3.71. The van der Waals surface area contributed by atoms with E-state index in [2.05, 4.69) is 71.2 Å². The lowest BCUT2D eigenvalue weighted by atomic mass is 9.93. The van der Waals surface area contributed by atoms with Crippen molar-refractivity contribution in [1.29, 1.82) is 0 Å². The van der Waals surface area contributed by atoms with E-state index < -0.39 is 0 Å². The Bertz CT molecular complexity index is 421. The molecule has 2 nitrogen and oxygen atoms in total. The Kier molecular flexibility index (Phi) is 6.06. The minimum absolute atomic E-state index is 0.637. The third-order valence-corrected chi connectivity index (χ3v) is 5.44. The van der Waals surface area contributed by atoms with Crippen LogP contribution in [0, 0.1) is 5.92 Å². The molecule has 1 N–H and O–H groups in total. The molecule has 3 heteroatoms. The molecule has 1 heterocycles. The van der Waals surface area contributed by atoms with Gasteiger partial charge in [-0.25, -0.2) is 0 Å². The van der Waals surface area contributed by atoms with Gasteiger partial charge in [0.15, 0.2) is 0 Å². The average Bonchev–Trinajstić information content (AvgIpc) is 2.48. The predicted molar refractivity (Wildman–Crippen MR) is 89.9 cm³/mol. The molecule has 1 aliphatic rings. The Morgan fingerprint density at radius 3 is 2.75 bits per heavy atom. The van der Waals surface area contributed by atoms with Crippen LogP contribution in [0.4, 0.5) is 0 Å². The van der Waals surface area contributed by atoms with E-state index in [1.165, 1.54) is 22.9 Å². The van der Waals surface area contributed by atoms with E-state index in [4.69, 9.17) is 0 Å². The molecular formula is C17H27BrN2. The van der Waals surface area contributed by atoms with Crippen molar-refractivity contribution in [3.63, 3.8) is 0 Å². The van der Waals surface area contributed by atoms with E-state index >= 15 is 0 Å². The van der Waals surface area contributed by atoms with E-state index in [1.54, 1.807) is 0 Å². The summed E-state index contributed by atoms with van der Waals surface area (Å²) in [7, 11) is 0. The molecule has 1 aromatic rings. The molecule has 20 heavy (non-hydrogen) atoms. The molecule has 0 radical (unpaired) electrons. The van der Waals surface area contributed by atoms with Crippen LogP contribution in [0.25, 0.3) is 0 Å². The quantitative estimate of drug-likeness (QED) is 0.871. The minimum atomic E-state index is 0.637. The molecule has 1 saturated heterocycles. The summed E-state index contributed by atoms with van der Waals surface area (Å²) in [5.74, 6) is 0.739. The zero-order chi connectivity index (χ0) is 14.5. The second kappa shape index (κ2) is 7.58. The third-order valence-electron chi connectivity index (χ3n) is 4.66. The fourth-order valence-corrected chi connectivity index (χ4v) is 3.44. The van der Waals surface area contributed by atoms with Gasteiger partial charge in [-0.1, -0.05) is 61.3 Å². The Labute approximate surface area is 132 Å². The maximum Gasteiger partial charge on any atom is 0.0250 e. The van der Waals surface area contributed by atoms with Gasteiger partial charge in [0.1, 0.15) is 0 Å². The largest absolute Gasteiger partial charge is 0.311 e. The lowest BCUT2D eigenvalue weighted by Crippen LogP contribution is -2.57. The molecule has 0 saturated carbocycles. The highest BCUT2D eigenvalue weighted by Gasteiger charge is 2.30. The number of halogens is 1. The summed E-state index contributed by atoms with van der Waals surface area (Å²) in [6.45, 7) is 10.3. The summed E-state index contributed by atoms with van der Waals surface area (Å²) < 4.78 is 1.23. The van der Waals surface area contributed by atoms with Crippen LogP contribution in [-0.2, 0) is 6.54 Å². The van der Waals surface area contributed by atoms with Crippen LogP contribution in [0.5, 0.6) is 0 Å². The van der Waals surface area contributed by atoms with Crippen molar-refractivity contribution in [2.45, 2.75) is 52.2 Å². The first-order chi connectivity index (χ1) is 9.65. The minimum Gasteiger partial charge on any atom is -0.311 e. The number of rotatable bonds is 5. The number of hydrogen-bond acceptors (Lipinski definition) is 2. The first-order valence-electron chi connectivity index (χ1n) is 7.86. The number of benzene rings is 1. The first kappa shape index (κ1) is 16.0. The highest BCUT2D eigenvalue weighted by molar-refractivity contribution is 9.10. The van der Waals surface area contributed by atoms with Crippen LogP contribution in [0.3, 0.4) is 0 Å². The molecule has 0 spiro atoms. The molecule has 0 amide bonds. The lowest BCUT2D eigenvalue weighted by Gasteiger charge is -2.43. The maximum atomic E-state index is 3.71. The van der Waals surface area contributed by atoms with Crippen LogP contribution < -0.4 is 5.32 Å². The van der Waals surface area contributed by atoms with Crippen LogP contribution >= 0.6 is 15.9 Å². The molecule has 112 valence electrons. The summed E-state index contributed by atoms with van der Waals surface area (Å²) in [6.07, 6.45) is 2.45. The maximum absolute atomic E-state index is 3.71. The van der Waals surface area contributed by atoms with Gasteiger partial charge in [-0.3, -0.25) is 4.90 Å². The number of nitrogens with zero attached hydrogens (tertiary/aromatic N) is 1. The highest BCUT2D eigenvalue weighted by atomic mass is 79.9. The summed E-state index contributed by atoms with van der Waals surface area (Å²) in [5.41, 5.74) is 1.40. The second-order valence-electron chi connectivity index (χ2n) is 5.99. The number of hydrogen-bond donors (Lipinski definition) is 1. The topological polar surface area (TPSA) is 15.3 Å². The molecule has 0 aromatic heterocycles. The average molecular weight is 339 g/mol. The van der Waals surface area contributed by atoms with Gasteiger partial charge in [0.25, 0.3) is 0 Å². The van der Waals surface area contributed by atoms with Crippen molar-refractivity contribution in [2.24, 2.45) is 5.92 Å². The van der Waals surface area contributed by atoms with E-state index in [1.807, 2.05) is 0 Å². The molecular weight excluding hydrogens is 312 g/mol. The van der Waals surface area contributed by atoms with Crippen molar-refractivity contribution >= 4 is 15.9 Å². The molecule has 1 fully saturated rings. The fraction of sp³-hybridized carbons (Fsp3) is 0.647. The van der Waals surface area contributed by atoms with E-state index in [9.17, 15) is 0 Å². The van der Waals surface area contributed by atoms with Crippen LogP contribution in [0.2, 0.25) is 0 Å². The smallest absolute Gasteiger partial charge is 0.0250 e. The van der Waals surface area contributed by atoms with Gasteiger partial charge < -0.3 is 5.32 Å². The van der Waals surface area contributed by atoms with Gasteiger partial charge in [0.05, 0.1) is 0 Å². The Balaban J connectivity index is 2.12. The Morgan fingerprint density at radius 2 is 2.10 bits per heavy atom. The van der Waals surface area contributed by atoms with Crippen molar-refractivity contribution < 1.29 is 0 Å². The Morgan fingerprint density at radius 1 is 1.35 bits per heavy atom. The van der Waals surface area contributed by atoms with Crippen LogP contribution in [0.15, 0.2) is 28.7 Å². The standard InChI is InChI=1S/C17H27BrN2/c1-4-13(3)17-10-19-15(5-2)12-20(17)11-14-8-6-7-9-16(14)18/h6-9,13,15,17,19H,4-5,10-12H2,1-3H3. The van der Waals surface area contributed by atoms with E-state index in [0.717, 1.165) is 25.6 Å². The van der Waals surface area contributed by atoms with Gasteiger partial charge in [-0.15, -0.1) is 0 Å². The summed E-state index contributed by atoms with van der Waals surface area (Å²) in [4.78, 5) is 2.68. The van der Waals surface area contributed by atoms with Crippen LogP contribution in [0.1, 0.15) is 39.2 Å². The zero-order valence-electron chi connectivity index (χ0n) is 12.9. The predicted octanol–water partition coefficient (Wildman–Crippen LogP) is 4.05. The van der Waals surface area contributed by atoms with Gasteiger partial charge >= 0.3 is 0 Å². The van der Waals surface area contributed by atoms with Crippen molar-refractivity contribution in [3.05, 3.63) is 34.3 Å². The normalized spacial score (nSPS) is 25.6. The summed E-state index contributed by atoms with van der Waals surface area (Å²) in [6, 6.07) is 9.89. The number of piperazine rings is 1. The molecule has 0 bridgehead atoms. The molecule has 1 aliphatic heterocycles. The number of nitrogens with one attached hydrogen (secondary N) is 1. The first-order valence-corrected chi connectivity index (χ1v) is 8.65. The SMILES string of the molecule is CCC1CN(Cc2ccccc2Br)C(C(C)CC)CN1. The molecule has 1 aromatic carbocycles. The molecule has 3 atom stereocenters. The molecule has 0 aliphatic carbocycles. The Hall–Kier alpha value is -0.380. The van der Waals surface area contributed by atoms with E-state index in [0.29, 0.717) is 12.1 Å². The van der Waals surface area contributed by atoms with Gasteiger partial charge in [0, 0.05) is 36.2 Å². The van der Waals surface area contributed by atoms with Gasteiger partial charge in [0.2, 0.25) is 0 Å². The zero-order valence-corrected chi connectivity index (χ0v) is 14.5. The monoisotopic (exact) mass is 338 g/mol. The summed E-state index contributed by atoms with van der Waals surface area (Å²) >= 11 is 3.69. The lowest BCUT2D eigenvalue weighted by molar-refractivity contribution is 0.0831. The molecule has 3 unspecified atom stereocenters. The van der Waals surface area contributed by atoms with Crippen molar-refractivity contribution in [3.8, 4) is 0 Å². The second-order valence-corrected chi connectivity index (χ2v) is 6.84. The fourth-order valence-electron chi connectivity index (χ4n) is 3.03. The van der Waals surface area contributed by atoms with Crippen molar-refractivity contribution in [2.75, 3.05) is 13.1 Å². The van der Waals surface area contributed by atoms with Crippen LogP contribution in [-0.4, -0.2) is 30.1 Å². The van der Waals surface area contributed by atoms with Gasteiger partial charge in [-0.05, 0) is 24.0 Å². The van der Waals surface area contributed by atoms with Crippen molar-refractivity contribution in [1.82, 2.24) is 10.2 Å². The molecule has 2 rings (SSSR count). The van der Waals surface area contributed by atoms with Gasteiger partial charge in [-0.2, -0.15) is 0 Å². The third kappa shape index (κ3) is 3.84. The van der Waals surface area contributed by atoms with E-state index in [-0.39, 0.29) is 0 Å².